The largest absolute Gasteiger partial charge is 0.369 e. The van der Waals surface area contributed by atoms with E-state index in [1.807, 2.05) is 0 Å². The molecule has 2 aliphatic heterocycles. The predicted octanol–water partition coefficient (Wildman–Crippen LogP) is 1.88. The number of rotatable bonds is 0. The van der Waals surface area contributed by atoms with Crippen molar-refractivity contribution in [3.8, 4) is 0 Å². The molecular formula is C7H11O. The molecule has 2 heterocycles. The van der Waals surface area contributed by atoms with Crippen LogP contribution in [0.3, 0.4) is 0 Å². The Kier molecular flexibility index (Phi) is 1.04. The van der Waals surface area contributed by atoms with Gasteiger partial charge < -0.3 is 4.74 Å². The van der Waals surface area contributed by atoms with E-state index in [0.29, 0.717) is 6.10 Å². The van der Waals surface area contributed by atoms with Crippen LogP contribution in [0.2, 0.25) is 0 Å². The molecule has 0 saturated carbocycles. The summed E-state index contributed by atoms with van der Waals surface area (Å²) in [5, 5.41) is 0. The topological polar surface area (TPSA) is 9.23 Å². The van der Waals surface area contributed by atoms with E-state index in [2.05, 4.69) is 0 Å². The van der Waals surface area contributed by atoms with Crippen molar-refractivity contribution < 1.29 is 4.74 Å². The van der Waals surface area contributed by atoms with Crippen LogP contribution in [0.15, 0.2) is 0 Å². The first-order valence-electron chi connectivity index (χ1n) is 3.46. The highest BCUT2D eigenvalue weighted by atomic mass is 16.5. The third kappa shape index (κ3) is 0.655. The molecule has 2 rings (SSSR count). The van der Waals surface area contributed by atoms with Gasteiger partial charge in [0.1, 0.15) is 0 Å². The van der Waals surface area contributed by atoms with Crippen molar-refractivity contribution in [3.05, 3.63) is 6.10 Å². The van der Waals surface area contributed by atoms with Crippen molar-refractivity contribution in [1.29, 1.82) is 0 Å². The summed E-state index contributed by atoms with van der Waals surface area (Å²) in [6.07, 6.45) is 8.49. The van der Waals surface area contributed by atoms with Crippen LogP contribution in [-0.4, -0.2) is 6.10 Å². The van der Waals surface area contributed by atoms with Gasteiger partial charge in [0.15, 0.2) is 0 Å². The zero-order chi connectivity index (χ0) is 5.40. The number of ether oxygens (including phenoxy) is 1. The van der Waals surface area contributed by atoms with Crippen molar-refractivity contribution in [2.45, 2.75) is 38.2 Å². The van der Waals surface area contributed by atoms with E-state index in [9.17, 15) is 0 Å². The van der Waals surface area contributed by atoms with E-state index in [1.165, 1.54) is 38.2 Å². The average Bonchev–Trinajstić information content (AvgIpc) is 2.12. The van der Waals surface area contributed by atoms with Gasteiger partial charge in [-0.3, -0.25) is 0 Å². The predicted molar refractivity (Wildman–Crippen MR) is 31.2 cm³/mol. The normalized spacial score (nSPS) is 38.2. The van der Waals surface area contributed by atoms with Crippen molar-refractivity contribution in [3.63, 3.8) is 0 Å². The molecule has 1 unspecified atom stereocenters. The van der Waals surface area contributed by atoms with Gasteiger partial charge in [-0.15, -0.1) is 0 Å². The Bertz CT molecular complexity index is 76.4. The molecule has 0 aromatic heterocycles. The maximum Gasteiger partial charge on any atom is 0.0975 e. The lowest BCUT2D eigenvalue weighted by atomic mass is 10.1. The quantitative estimate of drug-likeness (QED) is 0.463. The molecule has 2 fully saturated rings. The highest BCUT2D eigenvalue weighted by Gasteiger charge is 2.29. The second-order valence-electron chi connectivity index (χ2n) is 2.71. The minimum absolute atomic E-state index is 0.624. The molecule has 1 radical (unpaired) electrons. The highest BCUT2D eigenvalue weighted by molar-refractivity contribution is 4.91. The summed E-state index contributed by atoms with van der Waals surface area (Å²) in [6, 6.07) is 0. The third-order valence-corrected chi connectivity index (χ3v) is 2.06. The lowest BCUT2D eigenvalue weighted by Gasteiger charge is -2.17. The van der Waals surface area contributed by atoms with E-state index in [4.69, 9.17) is 4.74 Å². The molecule has 0 amide bonds. The van der Waals surface area contributed by atoms with Crippen LogP contribution < -0.4 is 0 Å². The maximum absolute atomic E-state index is 5.51. The van der Waals surface area contributed by atoms with Crippen molar-refractivity contribution in [1.82, 2.24) is 0 Å². The molecular weight excluding hydrogens is 100 g/mol. The molecule has 2 saturated heterocycles. The molecule has 2 aliphatic rings. The van der Waals surface area contributed by atoms with Crippen LogP contribution >= 0.6 is 0 Å². The first kappa shape index (κ1) is 4.80. The number of fused-ring (bicyclic) bond motifs is 2. The standard InChI is InChI=1S/C7H11O/c1-2-6-4-5-7(3-1)8-6/h6H,1-5H2. The molecule has 1 nitrogen and oxygen atoms in total. The van der Waals surface area contributed by atoms with Gasteiger partial charge in [0.25, 0.3) is 0 Å². The first-order chi connectivity index (χ1) is 3.95. The van der Waals surface area contributed by atoms with E-state index < -0.39 is 0 Å². The molecule has 1 atom stereocenters. The van der Waals surface area contributed by atoms with Gasteiger partial charge in [-0.05, 0) is 32.1 Å². The summed E-state index contributed by atoms with van der Waals surface area (Å²) in [5.41, 5.74) is 0. The summed E-state index contributed by atoms with van der Waals surface area (Å²) in [7, 11) is 0. The van der Waals surface area contributed by atoms with Gasteiger partial charge in [-0.2, -0.15) is 0 Å². The van der Waals surface area contributed by atoms with Crippen molar-refractivity contribution in [2.75, 3.05) is 0 Å². The minimum atomic E-state index is 0.624. The third-order valence-electron chi connectivity index (χ3n) is 2.06. The zero-order valence-corrected chi connectivity index (χ0v) is 5.02. The fraction of sp³-hybridized carbons (Fsp3) is 0.857. The molecule has 0 spiro atoms. The smallest absolute Gasteiger partial charge is 0.0975 e. The fourth-order valence-electron chi connectivity index (χ4n) is 1.59. The molecule has 0 aromatic rings. The Morgan fingerprint density at radius 1 is 1.25 bits per heavy atom. The van der Waals surface area contributed by atoms with Gasteiger partial charge in [0, 0.05) is 0 Å². The Morgan fingerprint density at radius 2 is 2.25 bits per heavy atom. The molecule has 0 aromatic carbocycles. The summed E-state index contributed by atoms with van der Waals surface area (Å²) < 4.78 is 5.51. The fourth-order valence-corrected chi connectivity index (χ4v) is 1.59. The lowest BCUT2D eigenvalue weighted by molar-refractivity contribution is 0.0705. The van der Waals surface area contributed by atoms with Gasteiger partial charge in [-0.25, -0.2) is 0 Å². The van der Waals surface area contributed by atoms with Crippen LogP contribution in [-0.2, 0) is 4.74 Å². The number of hydrogen-bond acceptors (Lipinski definition) is 1. The second kappa shape index (κ2) is 1.73. The zero-order valence-electron chi connectivity index (χ0n) is 5.02. The first-order valence-corrected chi connectivity index (χ1v) is 3.46. The SMILES string of the molecule is C1C[C]2CCC(C1)O2. The molecule has 8 heavy (non-hydrogen) atoms. The van der Waals surface area contributed by atoms with Gasteiger partial charge in [0.05, 0.1) is 12.2 Å². The van der Waals surface area contributed by atoms with Crippen molar-refractivity contribution in [2.24, 2.45) is 0 Å². The molecule has 45 valence electrons. The Labute approximate surface area is 50.0 Å². The molecule has 2 bridgehead atoms. The van der Waals surface area contributed by atoms with Crippen LogP contribution in [0.25, 0.3) is 0 Å². The van der Waals surface area contributed by atoms with Crippen LogP contribution in [0.4, 0.5) is 0 Å². The number of hydrogen-bond donors (Lipinski definition) is 0. The Balaban J connectivity index is 2.03. The summed E-state index contributed by atoms with van der Waals surface area (Å²) in [4.78, 5) is 0. The van der Waals surface area contributed by atoms with Crippen molar-refractivity contribution >= 4 is 0 Å². The van der Waals surface area contributed by atoms with E-state index >= 15 is 0 Å². The van der Waals surface area contributed by atoms with Crippen LogP contribution in [0.5, 0.6) is 0 Å². The maximum atomic E-state index is 5.51. The highest BCUT2D eigenvalue weighted by Crippen LogP contribution is 2.36. The summed E-state index contributed by atoms with van der Waals surface area (Å²) in [6.45, 7) is 0. The van der Waals surface area contributed by atoms with Crippen LogP contribution in [0, 0.1) is 6.10 Å². The minimum Gasteiger partial charge on any atom is -0.369 e. The molecule has 1 heteroatoms. The summed E-state index contributed by atoms with van der Waals surface area (Å²) in [5.74, 6) is 0. The Hall–Kier alpha value is -0.0400. The Morgan fingerprint density at radius 3 is 3.00 bits per heavy atom. The van der Waals surface area contributed by atoms with Crippen LogP contribution in [0.1, 0.15) is 32.1 Å². The van der Waals surface area contributed by atoms with Gasteiger partial charge in [0.2, 0.25) is 0 Å². The summed E-state index contributed by atoms with van der Waals surface area (Å²) >= 11 is 0. The second-order valence-corrected chi connectivity index (χ2v) is 2.71. The van der Waals surface area contributed by atoms with E-state index in [1.54, 1.807) is 0 Å². The van der Waals surface area contributed by atoms with E-state index in [0.717, 1.165) is 0 Å². The van der Waals surface area contributed by atoms with Gasteiger partial charge in [-0.1, -0.05) is 0 Å². The lowest BCUT2D eigenvalue weighted by Crippen LogP contribution is -2.11. The monoisotopic (exact) mass is 111 g/mol. The molecule has 0 N–H and O–H groups in total. The molecule has 0 aliphatic carbocycles. The van der Waals surface area contributed by atoms with E-state index in [-0.39, 0.29) is 0 Å². The van der Waals surface area contributed by atoms with Gasteiger partial charge >= 0.3 is 0 Å². The average molecular weight is 111 g/mol.